The minimum atomic E-state index is -0.280. The van der Waals surface area contributed by atoms with Crippen LogP contribution in [-0.2, 0) is 5.41 Å². The van der Waals surface area contributed by atoms with Crippen LogP contribution in [-0.4, -0.2) is 11.6 Å². The average molecular weight is 697 g/mol. The van der Waals surface area contributed by atoms with E-state index in [9.17, 15) is 0 Å². The number of rotatable bonds is 6. The summed E-state index contributed by atoms with van der Waals surface area (Å²) >= 11 is 0. The van der Waals surface area contributed by atoms with E-state index < -0.39 is 0 Å². The number of fused-ring (bicyclic) bond motifs is 6. The molecule has 0 saturated carbocycles. The number of anilines is 4. The van der Waals surface area contributed by atoms with Gasteiger partial charge in [0.15, 0.2) is 0 Å². The first kappa shape index (κ1) is 32.5. The molecule has 0 bridgehead atoms. The van der Waals surface area contributed by atoms with E-state index in [2.05, 4.69) is 219 Å². The van der Waals surface area contributed by atoms with E-state index in [0.29, 0.717) is 5.92 Å². The van der Waals surface area contributed by atoms with Crippen LogP contribution in [0.4, 0.5) is 22.7 Å². The van der Waals surface area contributed by atoms with Crippen LogP contribution in [0.1, 0.15) is 49.8 Å². The minimum absolute atomic E-state index is 0.0667. The van der Waals surface area contributed by atoms with Crippen molar-refractivity contribution in [2.45, 2.75) is 50.1 Å². The molecule has 262 valence electrons. The molecule has 2 nitrogen and oxygen atoms in total. The van der Waals surface area contributed by atoms with Crippen LogP contribution in [0.5, 0.6) is 0 Å². The first-order chi connectivity index (χ1) is 26.4. The fraction of sp³-hybridized carbons (Fsp3) is 0.154. The van der Waals surface area contributed by atoms with E-state index in [0.717, 1.165) is 6.42 Å². The highest BCUT2D eigenvalue weighted by Gasteiger charge is 2.44. The molecule has 0 N–H and O–H groups in total. The van der Waals surface area contributed by atoms with Crippen LogP contribution < -0.4 is 9.80 Å². The SMILES string of the molecule is CC1(C)C2=CC(C)(N(c3ccc(-c4ccccc4)cc3)c3ccc(-c4ccc5c(c4)C4C=CC=CC4N5c4ccccc4)cc3)CC=C2c2ccccc21. The summed E-state index contributed by atoms with van der Waals surface area (Å²) in [6.45, 7) is 7.18. The summed E-state index contributed by atoms with van der Waals surface area (Å²) in [6.07, 6.45) is 15.1. The topological polar surface area (TPSA) is 6.48 Å². The van der Waals surface area contributed by atoms with Crippen molar-refractivity contribution in [1.29, 1.82) is 0 Å². The second-order valence-corrected chi connectivity index (χ2v) is 16.0. The summed E-state index contributed by atoms with van der Waals surface area (Å²) in [6, 6.07) is 56.2. The number of hydrogen-bond acceptors (Lipinski definition) is 2. The highest BCUT2D eigenvalue weighted by atomic mass is 15.2. The van der Waals surface area contributed by atoms with Gasteiger partial charge in [-0.2, -0.15) is 0 Å². The van der Waals surface area contributed by atoms with Crippen LogP contribution in [0.3, 0.4) is 0 Å². The fourth-order valence-electron chi connectivity index (χ4n) is 9.59. The molecule has 0 radical (unpaired) electrons. The van der Waals surface area contributed by atoms with E-state index in [1.54, 1.807) is 0 Å². The molecule has 1 aliphatic heterocycles. The molecule has 0 saturated heterocycles. The van der Waals surface area contributed by atoms with Crippen molar-refractivity contribution in [2.75, 3.05) is 9.80 Å². The molecular weight excluding hydrogens is 653 g/mol. The summed E-state index contributed by atoms with van der Waals surface area (Å²) < 4.78 is 0. The van der Waals surface area contributed by atoms with Crippen molar-refractivity contribution in [2.24, 2.45) is 0 Å². The van der Waals surface area contributed by atoms with E-state index >= 15 is 0 Å². The molecule has 3 unspecified atom stereocenters. The zero-order valence-electron chi connectivity index (χ0n) is 31.2. The third kappa shape index (κ3) is 5.16. The third-order valence-corrected chi connectivity index (χ3v) is 12.3. The Bertz CT molecular complexity index is 2500. The predicted molar refractivity (Wildman–Crippen MR) is 228 cm³/mol. The van der Waals surface area contributed by atoms with Gasteiger partial charge < -0.3 is 9.80 Å². The Morgan fingerprint density at radius 3 is 1.91 bits per heavy atom. The second-order valence-electron chi connectivity index (χ2n) is 16.0. The average Bonchev–Trinajstić information content (AvgIpc) is 3.66. The van der Waals surface area contributed by atoms with Crippen molar-refractivity contribution >= 4 is 28.3 Å². The van der Waals surface area contributed by atoms with Crippen LogP contribution in [0.2, 0.25) is 0 Å². The zero-order valence-corrected chi connectivity index (χ0v) is 31.2. The number of para-hydroxylation sites is 1. The van der Waals surface area contributed by atoms with Gasteiger partial charge in [-0.1, -0.05) is 153 Å². The molecule has 6 aromatic rings. The second kappa shape index (κ2) is 12.5. The maximum atomic E-state index is 2.57. The van der Waals surface area contributed by atoms with Gasteiger partial charge in [-0.25, -0.2) is 0 Å². The van der Waals surface area contributed by atoms with Gasteiger partial charge in [-0.15, -0.1) is 0 Å². The quantitative estimate of drug-likeness (QED) is 0.171. The molecule has 10 rings (SSSR count). The number of allylic oxidation sites excluding steroid dienone is 4. The summed E-state index contributed by atoms with van der Waals surface area (Å²) in [5.41, 5.74) is 16.5. The number of benzene rings is 6. The largest absolute Gasteiger partial charge is 0.333 e. The predicted octanol–water partition coefficient (Wildman–Crippen LogP) is 13.4. The van der Waals surface area contributed by atoms with Crippen molar-refractivity contribution < 1.29 is 0 Å². The molecule has 1 heterocycles. The Balaban J connectivity index is 1.04. The van der Waals surface area contributed by atoms with E-state index in [1.165, 1.54) is 72.8 Å². The fourth-order valence-corrected chi connectivity index (χ4v) is 9.59. The van der Waals surface area contributed by atoms with E-state index in [4.69, 9.17) is 0 Å². The van der Waals surface area contributed by atoms with Crippen molar-refractivity contribution in [3.8, 4) is 22.3 Å². The highest BCUT2D eigenvalue weighted by molar-refractivity contribution is 5.91. The molecule has 6 aromatic carbocycles. The summed E-state index contributed by atoms with van der Waals surface area (Å²) in [7, 11) is 0. The molecule has 0 fully saturated rings. The van der Waals surface area contributed by atoms with Gasteiger partial charge >= 0.3 is 0 Å². The lowest BCUT2D eigenvalue weighted by molar-refractivity contribution is 0.550. The minimum Gasteiger partial charge on any atom is -0.333 e. The van der Waals surface area contributed by atoms with Gasteiger partial charge in [0.1, 0.15) is 0 Å². The Morgan fingerprint density at radius 2 is 1.19 bits per heavy atom. The van der Waals surface area contributed by atoms with Crippen molar-refractivity contribution in [3.05, 3.63) is 210 Å². The molecule has 0 amide bonds. The van der Waals surface area contributed by atoms with E-state index in [1.807, 2.05) is 0 Å². The Kier molecular flexibility index (Phi) is 7.52. The van der Waals surface area contributed by atoms with Crippen LogP contribution in [0.15, 0.2) is 194 Å². The first-order valence-corrected chi connectivity index (χ1v) is 19.3. The Labute approximate surface area is 319 Å². The Hall–Kier alpha value is -6.12. The maximum Gasteiger partial charge on any atom is 0.0646 e. The highest BCUT2D eigenvalue weighted by Crippen LogP contribution is 2.54. The third-order valence-electron chi connectivity index (χ3n) is 12.3. The summed E-state index contributed by atoms with van der Waals surface area (Å²) in [5.74, 6) is 0.321. The lowest BCUT2D eigenvalue weighted by Crippen LogP contribution is -2.43. The zero-order chi connectivity index (χ0) is 36.4. The summed E-state index contributed by atoms with van der Waals surface area (Å²) in [4.78, 5) is 5.06. The van der Waals surface area contributed by atoms with Gasteiger partial charge in [-0.05, 0) is 112 Å². The molecule has 3 aliphatic carbocycles. The lowest BCUT2D eigenvalue weighted by Gasteiger charge is -2.44. The molecule has 3 atom stereocenters. The Morgan fingerprint density at radius 1 is 0.593 bits per heavy atom. The summed E-state index contributed by atoms with van der Waals surface area (Å²) in [5, 5.41) is 0. The molecule has 0 spiro atoms. The smallest absolute Gasteiger partial charge is 0.0646 e. The monoisotopic (exact) mass is 696 g/mol. The normalized spacial score (nSPS) is 21.4. The van der Waals surface area contributed by atoms with Crippen LogP contribution in [0.25, 0.3) is 27.8 Å². The van der Waals surface area contributed by atoms with Crippen LogP contribution in [0, 0.1) is 0 Å². The molecule has 54 heavy (non-hydrogen) atoms. The van der Waals surface area contributed by atoms with Crippen molar-refractivity contribution in [3.63, 3.8) is 0 Å². The molecular formula is C52H44N2. The van der Waals surface area contributed by atoms with Gasteiger partial charge in [-0.3, -0.25) is 0 Å². The maximum absolute atomic E-state index is 2.57. The first-order valence-electron chi connectivity index (χ1n) is 19.3. The molecule has 4 aliphatic rings. The standard InChI is InChI=1S/C52H44N2/c1-51(2)47-20-12-10-18-43(47)44-32-33-52(3,35-48(44)51)54(41-27-22-37(23-28-41)36-14-6-4-7-15-36)42-29-24-38(25-30-42)39-26-31-50-46(34-39)45-19-11-13-21-49(45)53(50)40-16-8-5-9-17-40/h4-32,34-35,45,49H,33H2,1-3H3. The molecule has 0 aromatic heterocycles. The van der Waals surface area contributed by atoms with Gasteiger partial charge in [0.2, 0.25) is 0 Å². The van der Waals surface area contributed by atoms with E-state index in [-0.39, 0.29) is 17.0 Å². The number of nitrogens with zero attached hydrogens (tertiary/aromatic N) is 2. The lowest BCUT2D eigenvalue weighted by atomic mass is 9.76. The van der Waals surface area contributed by atoms with Gasteiger partial charge in [0.25, 0.3) is 0 Å². The van der Waals surface area contributed by atoms with Gasteiger partial charge in [0, 0.05) is 34.1 Å². The van der Waals surface area contributed by atoms with Gasteiger partial charge in [0.05, 0.1) is 11.6 Å². The van der Waals surface area contributed by atoms with Crippen molar-refractivity contribution in [1.82, 2.24) is 0 Å². The molecule has 2 heteroatoms. The number of hydrogen-bond donors (Lipinski definition) is 0. The van der Waals surface area contributed by atoms with Crippen LogP contribution >= 0.6 is 0 Å².